The highest BCUT2D eigenvalue weighted by atomic mass is 16.5. The number of hydrogen-bond acceptors (Lipinski definition) is 4. The van der Waals surface area contributed by atoms with E-state index in [1.54, 1.807) is 7.05 Å². The summed E-state index contributed by atoms with van der Waals surface area (Å²) >= 11 is 0. The lowest BCUT2D eigenvalue weighted by molar-refractivity contribution is -0.117. The summed E-state index contributed by atoms with van der Waals surface area (Å²) in [7, 11) is 2.95. The van der Waals surface area contributed by atoms with Gasteiger partial charge >= 0.3 is 5.69 Å². The number of aromatic nitrogens is 2. The van der Waals surface area contributed by atoms with E-state index in [9.17, 15) is 14.4 Å². The molecular weight excluding hydrogens is 334 g/mol. The highest BCUT2D eigenvalue weighted by Crippen LogP contribution is 2.17. The minimum absolute atomic E-state index is 0.203. The Bertz CT molecular complexity index is 923. The molecule has 1 amide bonds. The lowest BCUT2D eigenvalue weighted by atomic mass is 10.1. The molecule has 0 bridgehead atoms. The van der Waals surface area contributed by atoms with Crippen LogP contribution in [0.25, 0.3) is 6.08 Å². The van der Waals surface area contributed by atoms with Crippen LogP contribution in [-0.2, 0) is 18.9 Å². The van der Waals surface area contributed by atoms with Gasteiger partial charge in [-0.2, -0.15) is 0 Å². The Morgan fingerprint density at radius 3 is 2.50 bits per heavy atom. The number of nitrogens with zero attached hydrogens (tertiary/aromatic N) is 2. The maximum absolute atomic E-state index is 12.1. The molecule has 0 fully saturated rings. The Kier molecular flexibility index (Phi) is 6.16. The van der Waals surface area contributed by atoms with Crippen LogP contribution in [0.2, 0.25) is 0 Å². The van der Waals surface area contributed by atoms with E-state index >= 15 is 0 Å². The molecular formula is C19H23N3O4. The number of aryl methyl sites for hydroxylation is 1. The first-order chi connectivity index (χ1) is 12.3. The first-order valence-electron chi connectivity index (χ1n) is 8.31. The van der Waals surface area contributed by atoms with Crippen molar-refractivity contribution < 1.29 is 9.53 Å². The van der Waals surface area contributed by atoms with Gasteiger partial charge in [0.25, 0.3) is 5.56 Å². The van der Waals surface area contributed by atoms with E-state index in [1.165, 1.54) is 30.0 Å². The maximum Gasteiger partial charge on any atom is 0.330 e. The van der Waals surface area contributed by atoms with Gasteiger partial charge in [-0.05, 0) is 37.6 Å². The second kappa shape index (κ2) is 8.33. The van der Waals surface area contributed by atoms with Crippen LogP contribution in [0.1, 0.15) is 31.0 Å². The van der Waals surface area contributed by atoms with Gasteiger partial charge in [0.2, 0.25) is 5.91 Å². The van der Waals surface area contributed by atoms with E-state index in [2.05, 4.69) is 5.32 Å². The van der Waals surface area contributed by atoms with E-state index in [4.69, 9.17) is 4.74 Å². The lowest BCUT2D eigenvalue weighted by Crippen LogP contribution is -2.37. The Morgan fingerprint density at radius 1 is 1.23 bits per heavy atom. The largest absolute Gasteiger partial charge is 0.494 e. The predicted molar refractivity (Wildman–Crippen MR) is 100 cm³/mol. The Labute approximate surface area is 151 Å². The zero-order valence-electron chi connectivity index (χ0n) is 15.4. The molecule has 0 aliphatic rings. The molecule has 7 heteroatoms. The van der Waals surface area contributed by atoms with Gasteiger partial charge in [-0.15, -0.1) is 0 Å². The number of carbonyl (C=O) groups excluding carboxylic acids is 1. The zero-order chi connectivity index (χ0) is 19.3. The van der Waals surface area contributed by atoms with Gasteiger partial charge < -0.3 is 14.6 Å². The summed E-state index contributed by atoms with van der Waals surface area (Å²) in [6.07, 6.45) is 4.10. The Hall–Kier alpha value is -3.09. The van der Waals surface area contributed by atoms with Gasteiger partial charge in [0.15, 0.2) is 0 Å². The molecule has 0 saturated heterocycles. The molecule has 1 N–H and O–H groups in total. The van der Waals surface area contributed by atoms with Crippen molar-refractivity contribution in [3.63, 3.8) is 0 Å². The third-order valence-corrected chi connectivity index (χ3v) is 3.94. The van der Waals surface area contributed by atoms with Crippen LogP contribution in [0.15, 0.2) is 46.1 Å². The van der Waals surface area contributed by atoms with Gasteiger partial charge in [0.1, 0.15) is 5.75 Å². The Balaban J connectivity index is 2.07. The standard InChI is InChI=1S/C19H23N3O4/c1-5-26-16-9-6-14(7-10-16)13(2)20-17(23)11-8-15-12-21(3)19(25)22(4)18(15)24/h6-13H,5H2,1-4H3,(H,20,23)/b11-8+. The summed E-state index contributed by atoms with van der Waals surface area (Å²) in [6.45, 7) is 4.38. The molecule has 2 aromatic rings. The third-order valence-electron chi connectivity index (χ3n) is 3.94. The summed E-state index contributed by atoms with van der Waals surface area (Å²) in [5.74, 6) is 0.447. The number of hydrogen-bond donors (Lipinski definition) is 1. The highest BCUT2D eigenvalue weighted by Gasteiger charge is 2.09. The number of nitrogens with one attached hydrogen (secondary N) is 1. The normalized spacial score (nSPS) is 12.2. The molecule has 0 saturated carbocycles. The molecule has 0 aliphatic heterocycles. The fourth-order valence-electron chi connectivity index (χ4n) is 2.48. The van der Waals surface area contributed by atoms with Crippen LogP contribution < -0.4 is 21.3 Å². The van der Waals surface area contributed by atoms with Gasteiger partial charge in [0.05, 0.1) is 18.2 Å². The second-order valence-electron chi connectivity index (χ2n) is 5.91. The second-order valence-corrected chi connectivity index (χ2v) is 5.91. The SMILES string of the molecule is CCOc1ccc(C(C)NC(=O)/C=C/c2cn(C)c(=O)n(C)c2=O)cc1. The smallest absolute Gasteiger partial charge is 0.330 e. The monoisotopic (exact) mass is 357 g/mol. The molecule has 26 heavy (non-hydrogen) atoms. The van der Waals surface area contributed by atoms with Crippen molar-refractivity contribution in [2.45, 2.75) is 19.9 Å². The van der Waals surface area contributed by atoms with Gasteiger partial charge in [0, 0.05) is 26.4 Å². The van der Waals surface area contributed by atoms with Crippen molar-refractivity contribution in [2.24, 2.45) is 14.1 Å². The van der Waals surface area contributed by atoms with Crippen LogP contribution in [0.4, 0.5) is 0 Å². The predicted octanol–water partition coefficient (Wildman–Crippen LogP) is 1.37. The third kappa shape index (κ3) is 4.50. The van der Waals surface area contributed by atoms with Crippen LogP contribution in [0.3, 0.4) is 0 Å². The van der Waals surface area contributed by atoms with Crippen molar-refractivity contribution >= 4 is 12.0 Å². The fraction of sp³-hybridized carbons (Fsp3) is 0.316. The minimum Gasteiger partial charge on any atom is -0.494 e. The average Bonchev–Trinajstić information content (AvgIpc) is 2.62. The quantitative estimate of drug-likeness (QED) is 0.792. The molecule has 138 valence electrons. The molecule has 0 spiro atoms. The lowest BCUT2D eigenvalue weighted by Gasteiger charge is -2.13. The summed E-state index contributed by atoms with van der Waals surface area (Å²) < 4.78 is 7.69. The molecule has 1 atom stereocenters. The fourth-order valence-corrected chi connectivity index (χ4v) is 2.48. The minimum atomic E-state index is -0.447. The van der Waals surface area contributed by atoms with Crippen molar-refractivity contribution in [3.05, 3.63) is 68.5 Å². The van der Waals surface area contributed by atoms with E-state index < -0.39 is 11.2 Å². The van der Waals surface area contributed by atoms with Crippen LogP contribution in [-0.4, -0.2) is 21.6 Å². The average molecular weight is 357 g/mol. The molecule has 1 aromatic heterocycles. The van der Waals surface area contributed by atoms with E-state index in [0.717, 1.165) is 15.9 Å². The van der Waals surface area contributed by atoms with Crippen LogP contribution in [0.5, 0.6) is 5.75 Å². The van der Waals surface area contributed by atoms with E-state index in [0.29, 0.717) is 6.61 Å². The summed E-state index contributed by atoms with van der Waals surface area (Å²) in [4.78, 5) is 35.8. The summed E-state index contributed by atoms with van der Waals surface area (Å²) in [5, 5.41) is 2.83. The van der Waals surface area contributed by atoms with E-state index in [-0.39, 0.29) is 17.5 Å². The van der Waals surface area contributed by atoms with Gasteiger partial charge in [-0.3, -0.25) is 14.2 Å². The number of amides is 1. The molecule has 0 radical (unpaired) electrons. The molecule has 1 heterocycles. The van der Waals surface area contributed by atoms with Crippen molar-refractivity contribution in [2.75, 3.05) is 6.61 Å². The maximum atomic E-state index is 12.1. The van der Waals surface area contributed by atoms with Crippen LogP contribution >= 0.6 is 0 Å². The highest BCUT2D eigenvalue weighted by molar-refractivity contribution is 5.91. The molecule has 1 aromatic carbocycles. The first-order valence-corrected chi connectivity index (χ1v) is 8.31. The number of benzene rings is 1. The molecule has 1 unspecified atom stereocenters. The van der Waals surface area contributed by atoms with Crippen molar-refractivity contribution in [1.29, 1.82) is 0 Å². The van der Waals surface area contributed by atoms with Gasteiger partial charge in [-0.25, -0.2) is 4.79 Å². The van der Waals surface area contributed by atoms with Gasteiger partial charge in [-0.1, -0.05) is 12.1 Å². The number of carbonyl (C=O) groups is 1. The molecule has 0 aliphatic carbocycles. The molecule has 7 nitrogen and oxygen atoms in total. The van der Waals surface area contributed by atoms with Crippen molar-refractivity contribution in [1.82, 2.24) is 14.5 Å². The Morgan fingerprint density at radius 2 is 1.88 bits per heavy atom. The zero-order valence-corrected chi connectivity index (χ0v) is 15.4. The van der Waals surface area contributed by atoms with Crippen molar-refractivity contribution in [3.8, 4) is 5.75 Å². The molecule has 2 rings (SSSR count). The topological polar surface area (TPSA) is 82.3 Å². The number of rotatable bonds is 6. The van der Waals surface area contributed by atoms with E-state index in [1.807, 2.05) is 38.1 Å². The first kappa shape index (κ1) is 19.2. The van der Waals surface area contributed by atoms with Crippen LogP contribution in [0, 0.1) is 0 Å². The number of ether oxygens (including phenoxy) is 1. The summed E-state index contributed by atoms with van der Waals surface area (Å²) in [6, 6.07) is 7.28. The summed E-state index contributed by atoms with van der Waals surface area (Å²) in [5.41, 5.74) is 0.337.